The highest BCUT2D eigenvalue weighted by atomic mass is 35.5. The molecule has 0 saturated carbocycles. The van der Waals surface area contributed by atoms with Gasteiger partial charge in [-0.3, -0.25) is 14.4 Å². The van der Waals surface area contributed by atoms with Crippen LogP contribution in [0.5, 0.6) is 0 Å². The highest BCUT2D eigenvalue weighted by Crippen LogP contribution is 2.29. The predicted octanol–water partition coefficient (Wildman–Crippen LogP) is 3.23. The van der Waals surface area contributed by atoms with E-state index in [4.69, 9.17) is 11.6 Å². The monoisotopic (exact) mass is 439 g/mol. The summed E-state index contributed by atoms with van der Waals surface area (Å²) in [6.45, 7) is 4.29. The number of likely N-dealkylation sites (tertiary alicyclic amines) is 1. The summed E-state index contributed by atoms with van der Waals surface area (Å²) in [7, 11) is 0. The third-order valence-corrected chi connectivity index (χ3v) is 6.57. The second-order valence-electron chi connectivity index (χ2n) is 8.13. The fourth-order valence-electron chi connectivity index (χ4n) is 4.38. The van der Waals surface area contributed by atoms with Crippen molar-refractivity contribution < 1.29 is 14.4 Å². The predicted molar refractivity (Wildman–Crippen MR) is 119 cm³/mol. The van der Waals surface area contributed by atoms with E-state index >= 15 is 0 Å². The van der Waals surface area contributed by atoms with Gasteiger partial charge in [0.2, 0.25) is 11.8 Å². The minimum atomic E-state index is -0.329. The number of benzene rings is 2. The molecule has 6 nitrogen and oxygen atoms in total. The molecule has 2 aliphatic heterocycles. The lowest BCUT2D eigenvalue weighted by Crippen LogP contribution is -2.52. The van der Waals surface area contributed by atoms with Gasteiger partial charge in [0.05, 0.1) is 22.5 Å². The van der Waals surface area contributed by atoms with Crippen LogP contribution in [-0.2, 0) is 9.59 Å². The van der Waals surface area contributed by atoms with Gasteiger partial charge in [0, 0.05) is 39.1 Å². The van der Waals surface area contributed by atoms with E-state index in [1.807, 2.05) is 37.3 Å². The molecule has 2 fully saturated rings. The summed E-state index contributed by atoms with van der Waals surface area (Å²) in [6, 6.07) is 16.8. The Kier molecular flexibility index (Phi) is 6.28. The Morgan fingerprint density at radius 3 is 2.23 bits per heavy atom. The smallest absolute Gasteiger partial charge is 0.255 e. The molecule has 0 bridgehead atoms. The maximum Gasteiger partial charge on any atom is 0.255 e. The molecule has 0 aliphatic carbocycles. The molecule has 0 spiro atoms. The second-order valence-corrected chi connectivity index (χ2v) is 8.54. The SMILES string of the molecule is CC(c1ccccc1)N1CC(C(=O)N2CCN(C(=O)c3ccccc3Cl)CC2)CC1=O. The van der Waals surface area contributed by atoms with Crippen LogP contribution < -0.4 is 0 Å². The van der Waals surface area contributed by atoms with E-state index in [0.29, 0.717) is 43.3 Å². The van der Waals surface area contributed by atoms with Crippen molar-refractivity contribution in [2.45, 2.75) is 19.4 Å². The molecule has 2 heterocycles. The summed E-state index contributed by atoms with van der Waals surface area (Å²) in [5.41, 5.74) is 1.55. The van der Waals surface area contributed by atoms with Gasteiger partial charge in [-0.1, -0.05) is 54.1 Å². The fraction of sp³-hybridized carbons (Fsp3) is 0.375. The highest BCUT2D eigenvalue weighted by Gasteiger charge is 2.39. The lowest BCUT2D eigenvalue weighted by atomic mass is 10.1. The average Bonchev–Trinajstić information content (AvgIpc) is 3.20. The van der Waals surface area contributed by atoms with Crippen molar-refractivity contribution in [1.82, 2.24) is 14.7 Å². The lowest BCUT2D eigenvalue weighted by molar-refractivity contribution is -0.137. The number of piperazine rings is 1. The zero-order valence-corrected chi connectivity index (χ0v) is 18.3. The Hall–Kier alpha value is -2.86. The molecule has 3 amide bonds. The van der Waals surface area contributed by atoms with Crippen molar-refractivity contribution in [3.05, 3.63) is 70.7 Å². The Bertz CT molecular complexity index is 973. The van der Waals surface area contributed by atoms with E-state index in [1.54, 1.807) is 39.0 Å². The molecular weight excluding hydrogens is 414 g/mol. The molecule has 2 saturated heterocycles. The number of rotatable bonds is 4. The normalized spacial score (nSPS) is 20.1. The third kappa shape index (κ3) is 4.44. The van der Waals surface area contributed by atoms with Crippen LogP contribution in [0, 0.1) is 5.92 Å². The number of carbonyl (C=O) groups excluding carboxylic acids is 3. The van der Waals surface area contributed by atoms with Gasteiger partial charge in [-0.15, -0.1) is 0 Å². The number of halogens is 1. The Morgan fingerprint density at radius 2 is 1.55 bits per heavy atom. The number of hydrogen-bond donors (Lipinski definition) is 0. The first kappa shape index (κ1) is 21.4. The number of hydrogen-bond acceptors (Lipinski definition) is 3. The summed E-state index contributed by atoms with van der Waals surface area (Å²) >= 11 is 6.15. The van der Waals surface area contributed by atoms with Gasteiger partial charge in [-0.05, 0) is 24.6 Å². The van der Waals surface area contributed by atoms with Crippen LogP contribution in [0.2, 0.25) is 5.02 Å². The molecule has 2 aliphatic rings. The van der Waals surface area contributed by atoms with Crippen molar-refractivity contribution in [1.29, 1.82) is 0 Å². The quantitative estimate of drug-likeness (QED) is 0.734. The third-order valence-electron chi connectivity index (χ3n) is 6.24. The standard InChI is InChI=1S/C24H26ClN3O3/c1-17(18-7-3-2-4-8-18)28-16-19(15-22(28)29)23(30)26-11-13-27(14-12-26)24(31)20-9-5-6-10-21(20)25/h2-10,17,19H,11-16H2,1H3. The van der Waals surface area contributed by atoms with Gasteiger partial charge in [0.1, 0.15) is 0 Å². The van der Waals surface area contributed by atoms with E-state index in [-0.39, 0.29) is 36.1 Å². The molecule has 0 aromatic heterocycles. The number of nitrogens with zero attached hydrogens (tertiary/aromatic N) is 3. The first-order valence-electron chi connectivity index (χ1n) is 10.6. The van der Waals surface area contributed by atoms with E-state index in [0.717, 1.165) is 5.56 Å². The van der Waals surface area contributed by atoms with Crippen LogP contribution in [0.1, 0.15) is 35.3 Å². The topological polar surface area (TPSA) is 60.9 Å². The van der Waals surface area contributed by atoms with Gasteiger partial charge in [-0.25, -0.2) is 0 Å². The minimum Gasteiger partial charge on any atom is -0.339 e. The minimum absolute atomic E-state index is 0.000883. The van der Waals surface area contributed by atoms with Gasteiger partial charge < -0.3 is 14.7 Å². The largest absolute Gasteiger partial charge is 0.339 e. The molecule has 0 N–H and O–H groups in total. The van der Waals surface area contributed by atoms with Crippen LogP contribution in [-0.4, -0.2) is 65.1 Å². The van der Waals surface area contributed by atoms with Crippen molar-refractivity contribution in [2.24, 2.45) is 5.92 Å². The molecule has 2 unspecified atom stereocenters. The Labute approximate surface area is 187 Å². The first-order valence-corrected chi connectivity index (χ1v) is 11.0. The van der Waals surface area contributed by atoms with Crippen LogP contribution >= 0.6 is 11.6 Å². The summed E-state index contributed by atoms with van der Waals surface area (Å²) in [6.07, 6.45) is 0.245. The summed E-state index contributed by atoms with van der Waals surface area (Å²) in [4.78, 5) is 43.7. The molecule has 2 aromatic carbocycles. The van der Waals surface area contributed by atoms with Gasteiger partial charge >= 0.3 is 0 Å². The van der Waals surface area contributed by atoms with E-state index < -0.39 is 0 Å². The number of amides is 3. The maximum absolute atomic E-state index is 13.1. The molecule has 31 heavy (non-hydrogen) atoms. The van der Waals surface area contributed by atoms with E-state index in [2.05, 4.69) is 0 Å². The zero-order valence-electron chi connectivity index (χ0n) is 17.5. The van der Waals surface area contributed by atoms with Crippen molar-refractivity contribution in [2.75, 3.05) is 32.7 Å². The van der Waals surface area contributed by atoms with Crippen molar-refractivity contribution in [3.8, 4) is 0 Å². The fourth-order valence-corrected chi connectivity index (χ4v) is 4.59. The lowest BCUT2D eigenvalue weighted by Gasteiger charge is -2.36. The van der Waals surface area contributed by atoms with E-state index in [1.165, 1.54) is 0 Å². The molecule has 7 heteroatoms. The van der Waals surface area contributed by atoms with Crippen LogP contribution in [0.25, 0.3) is 0 Å². The van der Waals surface area contributed by atoms with Gasteiger partial charge in [0.25, 0.3) is 5.91 Å². The Morgan fingerprint density at radius 1 is 0.935 bits per heavy atom. The molecular formula is C24H26ClN3O3. The van der Waals surface area contributed by atoms with Crippen LogP contribution in [0.3, 0.4) is 0 Å². The Balaban J connectivity index is 1.34. The first-order chi connectivity index (χ1) is 15.0. The van der Waals surface area contributed by atoms with E-state index in [9.17, 15) is 14.4 Å². The molecule has 2 atom stereocenters. The summed E-state index contributed by atoms with van der Waals surface area (Å²) in [5, 5.41) is 0.433. The second kappa shape index (κ2) is 9.10. The number of carbonyl (C=O) groups is 3. The molecule has 4 rings (SSSR count). The maximum atomic E-state index is 13.1. The highest BCUT2D eigenvalue weighted by molar-refractivity contribution is 6.33. The van der Waals surface area contributed by atoms with Gasteiger partial charge in [-0.2, -0.15) is 0 Å². The average molecular weight is 440 g/mol. The zero-order chi connectivity index (χ0) is 22.0. The van der Waals surface area contributed by atoms with Crippen molar-refractivity contribution >= 4 is 29.3 Å². The summed E-state index contributed by atoms with van der Waals surface area (Å²) in [5.74, 6) is -0.427. The molecule has 162 valence electrons. The van der Waals surface area contributed by atoms with Gasteiger partial charge in [0.15, 0.2) is 0 Å². The molecule has 2 aromatic rings. The van der Waals surface area contributed by atoms with Crippen molar-refractivity contribution in [3.63, 3.8) is 0 Å². The summed E-state index contributed by atoms with van der Waals surface area (Å²) < 4.78 is 0. The van der Waals surface area contributed by atoms with Crippen LogP contribution in [0.15, 0.2) is 54.6 Å². The van der Waals surface area contributed by atoms with Crippen LogP contribution in [0.4, 0.5) is 0 Å². The molecule has 0 radical (unpaired) electrons.